The Labute approximate surface area is 195 Å². The molecule has 0 N–H and O–H groups in total. The molecule has 0 heterocycles. The van der Waals surface area contributed by atoms with E-state index in [0.29, 0.717) is 24.2 Å². The van der Waals surface area contributed by atoms with Crippen molar-refractivity contribution in [2.75, 3.05) is 0 Å². The predicted molar refractivity (Wildman–Crippen MR) is 132 cm³/mol. The fourth-order valence-corrected chi connectivity index (χ4v) is 28.3. The molecule has 0 spiro atoms. The maximum Gasteiger partial charge on any atom is 0.287 e. The molecule has 0 radical (unpaired) electrons. The third kappa shape index (κ3) is 5.42. The van der Waals surface area contributed by atoms with E-state index in [4.69, 9.17) is 7.74 Å². The van der Waals surface area contributed by atoms with E-state index in [1.807, 2.05) is 41.5 Å². The number of rotatable bonds is 11. The molecule has 0 aliphatic rings. The third-order valence-electron chi connectivity index (χ3n) is 6.27. The molecule has 0 atom stereocenters. The molecule has 0 unspecified atom stereocenters. The van der Waals surface area contributed by atoms with Gasteiger partial charge in [-0.1, -0.05) is 63.1 Å². The van der Waals surface area contributed by atoms with Crippen molar-refractivity contribution >= 4 is 35.9 Å². The summed E-state index contributed by atoms with van der Waals surface area (Å²) in [4.78, 5) is 0.164. The van der Waals surface area contributed by atoms with Gasteiger partial charge in [0, 0.05) is 0 Å². The number of hydrogen-bond acceptors (Lipinski definition) is 6. The fourth-order valence-electron chi connectivity index (χ4n) is 4.10. The molecule has 2 aromatic rings. The Morgan fingerprint density at radius 2 is 0.812 bits per heavy atom. The van der Waals surface area contributed by atoms with Gasteiger partial charge in [0.1, 0.15) is 0 Å². The zero-order valence-electron chi connectivity index (χ0n) is 19.7. The SMILES string of the molecule is CC[Si](CC)(OS(=O)(=O)c1ccc(C)cc1)[Si](CC)(CC)OS(=O)(=O)c1ccc(C)cc1. The van der Waals surface area contributed by atoms with Gasteiger partial charge >= 0.3 is 0 Å². The Hall–Kier alpha value is -1.31. The monoisotopic (exact) mass is 514 g/mol. The first-order valence-electron chi connectivity index (χ1n) is 11.0. The largest absolute Gasteiger partial charge is 0.312 e. The van der Waals surface area contributed by atoms with Crippen molar-refractivity contribution < 1.29 is 24.6 Å². The smallest absolute Gasteiger partial charge is 0.287 e. The molecule has 2 rings (SSSR count). The maximum atomic E-state index is 13.3. The number of hydrogen-bond donors (Lipinski definition) is 0. The molecule has 10 heteroatoms. The summed E-state index contributed by atoms with van der Waals surface area (Å²) in [5.41, 5.74) is 1.88. The van der Waals surface area contributed by atoms with Crippen molar-refractivity contribution in [2.45, 2.75) is 75.5 Å². The Morgan fingerprint density at radius 1 is 0.562 bits per heavy atom. The first-order valence-corrected chi connectivity index (χ1v) is 19.4. The van der Waals surface area contributed by atoms with Crippen LogP contribution in [-0.4, -0.2) is 32.5 Å². The van der Waals surface area contributed by atoms with Crippen molar-refractivity contribution in [1.29, 1.82) is 0 Å². The molecule has 2 aromatic carbocycles. The van der Waals surface area contributed by atoms with Gasteiger partial charge in [0.25, 0.3) is 20.2 Å². The molecule has 0 aliphatic carbocycles. The van der Waals surface area contributed by atoms with Crippen LogP contribution < -0.4 is 0 Å². The van der Waals surface area contributed by atoms with E-state index in [2.05, 4.69) is 0 Å². The van der Waals surface area contributed by atoms with E-state index in [9.17, 15) is 16.8 Å². The lowest BCUT2D eigenvalue weighted by atomic mass is 10.2. The zero-order chi connectivity index (χ0) is 24.2. The second-order valence-electron chi connectivity index (χ2n) is 8.10. The minimum absolute atomic E-state index is 0.0818. The highest BCUT2D eigenvalue weighted by molar-refractivity contribution is 7.90. The summed E-state index contributed by atoms with van der Waals surface area (Å²) in [6.07, 6.45) is 0. The Bertz CT molecular complexity index is 1010. The van der Waals surface area contributed by atoms with Crippen molar-refractivity contribution in [1.82, 2.24) is 0 Å². The van der Waals surface area contributed by atoms with E-state index in [1.165, 1.54) is 24.3 Å². The molecule has 0 aromatic heterocycles. The van der Waals surface area contributed by atoms with Crippen LogP contribution in [0.2, 0.25) is 24.2 Å². The second-order valence-corrected chi connectivity index (χ2v) is 24.5. The molecule has 178 valence electrons. The Morgan fingerprint density at radius 3 is 1.03 bits per heavy atom. The normalized spacial score (nSPS) is 13.3. The Kier molecular flexibility index (Phi) is 8.68. The van der Waals surface area contributed by atoms with Crippen molar-refractivity contribution in [2.24, 2.45) is 0 Å². The molecule has 0 fully saturated rings. The third-order valence-corrected chi connectivity index (χ3v) is 29.2. The Balaban J connectivity index is 2.56. The van der Waals surface area contributed by atoms with Gasteiger partial charge in [0.2, 0.25) is 15.7 Å². The van der Waals surface area contributed by atoms with Crippen LogP contribution in [0.4, 0.5) is 0 Å². The van der Waals surface area contributed by atoms with Crippen LogP contribution in [0.3, 0.4) is 0 Å². The fraction of sp³-hybridized carbons (Fsp3) is 0.455. The lowest BCUT2D eigenvalue weighted by Crippen LogP contribution is -2.66. The number of aryl methyl sites for hydroxylation is 2. The van der Waals surface area contributed by atoms with Crippen LogP contribution >= 0.6 is 0 Å². The highest BCUT2D eigenvalue weighted by Gasteiger charge is 2.60. The topological polar surface area (TPSA) is 86.7 Å². The predicted octanol–water partition coefficient (Wildman–Crippen LogP) is 5.46. The minimum atomic E-state index is -4.07. The van der Waals surface area contributed by atoms with E-state index in [1.54, 1.807) is 24.3 Å². The van der Waals surface area contributed by atoms with Crippen LogP contribution in [0.5, 0.6) is 0 Å². The molecular weight excluding hydrogens is 481 g/mol. The highest BCUT2D eigenvalue weighted by Crippen LogP contribution is 2.39. The zero-order valence-corrected chi connectivity index (χ0v) is 23.3. The lowest BCUT2D eigenvalue weighted by molar-refractivity contribution is 0.456. The van der Waals surface area contributed by atoms with E-state index < -0.39 is 35.9 Å². The van der Waals surface area contributed by atoms with Gasteiger partial charge in [-0.25, -0.2) is 0 Å². The van der Waals surface area contributed by atoms with E-state index in [0.717, 1.165) is 11.1 Å². The van der Waals surface area contributed by atoms with Crippen LogP contribution in [0.1, 0.15) is 38.8 Å². The summed E-state index contributed by atoms with van der Waals surface area (Å²) < 4.78 is 65.2. The van der Waals surface area contributed by atoms with Gasteiger partial charge < -0.3 is 7.74 Å². The first-order chi connectivity index (χ1) is 14.9. The molecule has 6 nitrogen and oxygen atoms in total. The van der Waals surface area contributed by atoms with Crippen LogP contribution in [-0.2, 0) is 28.0 Å². The molecule has 0 aliphatic heterocycles. The average Bonchev–Trinajstić information content (AvgIpc) is 2.76. The molecule has 0 saturated heterocycles. The summed E-state index contributed by atoms with van der Waals surface area (Å²) in [7, 11) is -14.5. The van der Waals surface area contributed by atoms with Crippen LogP contribution in [0, 0.1) is 13.8 Å². The summed E-state index contributed by atoms with van der Waals surface area (Å²) in [6, 6.07) is 14.8. The standard InChI is InChI=1S/C22H34O6S2Si2/c1-7-31(8-2,27-29(23,24)21-15-11-19(5)12-16-21)32(9-3,10-4)28-30(25,26)22-17-13-20(6)14-18-22/h11-18H,7-10H2,1-6H3. The summed E-state index contributed by atoms with van der Waals surface area (Å²) in [5.74, 6) is 0. The van der Waals surface area contributed by atoms with Gasteiger partial charge in [-0.15, -0.1) is 0 Å². The van der Waals surface area contributed by atoms with Crippen LogP contribution in [0.15, 0.2) is 58.3 Å². The average molecular weight is 515 g/mol. The highest BCUT2D eigenvalue weighted by atomic mass is 32.2. The summed E-state index contributed by atoms with van der Waals surface area (Å²) in [6.45, 7) is 11.3. The lowest BCUT2D eigenvalue weighted by Gasteiger charge is -2.43. The van der Waals surface area contributed by atoms with Gasteiger partial charge in [0.15, 0.2) is 0 Å². The first kappa shape index (κ1) is 26.9. The molecule has 0 saturated carbocycles. The summed E-state index contributed by atoms with van der Waals surface area (Å²) in [5, 5.41) is 0. The molecule has 0 bridgehead atoms. The minimum Gasteiger partial charge on any atom is -0.312 e. The quantitative estimate of drug-likeness (QED) is 0.370. The van der Waals surface area contributed by atoms with Gasteiger partial charge in [-0.2, -0.15) is 16.8 Å². The number of benzene rings is 2. The van der Waals surface area contributed by atoms with Crippen molar-refractivity contribution in [3.05, 3.63) is 59.7 Å². The molecule has 32 heavy (non-hydrogen) atoms. The van der Waals surface area contributed by atoms with Crippen molar-refractivity contribution in [3.63, 3.8) is 0 Å². The van der Waals surface area contributed by atoms with Gasteiger partial charge in [0.05, 0.1) is 9.79 Å². The summed E-state index contributed by atoms with van der Waals surface area (Å²) >= 11 is 0. The molecule has 0 amide bonds. The van der Waals surface area contributed by atoms with Gasteiger partial charge in [-0.3, -0.25) is 0 Å². The van der Waals surface area contributed by atoms with E-state index >= 15 is 0 Å². The van der Waals surface area contributed by atoms with Gasteiger partial charge in [-0.05, 0) is 62.3 Å². The maximum absolute atomic E-state index is 13.3. The second kappa shape index (κ2) is 10.3. The van der Waals surface area contributed by atoms with E-state index in [-0.39, 0.29) is 9.79 Å². The van der Waals surface area contributed by atoms with Crippen LogP contribution in [0.25, 0.3) is 0 Å². The molecular formula is C22H34O6S2Si2. The van der Waals surface area contributed by atoms with Crippen molar-refractivity contribution in [3.8, 4) is 0 Å².